The van der Waals surface area contributed by atoms with E-state index in [1.165, 1.54) is 37.3 Å². The minimum absolute atomic E-state index is 0.0592. The highest BCUT2D eigenvalue weighted by Crippen LogP contribution is 2.33. The predicted octanol–water partition coefficient (Wildman–Crippen LogP) is 3.85. The van der Waals surface area contributed by atoms with Crippen LogP contribution < -0.4 is 9.64 Å². The van der Waals surface area contributed by atoms with Crippen LogP contribution in [0.3, 0.4) is 0 Å². The zero-order valence-corrected chi connectivity index (χ0v) is 20.3. The van der Waals surface area contributed by atoms with Gasteiger partial charge in [0.1, 0.15) is 16.0 Å². The number of nitrogens with zero attached hydrogens (tertiary/aromatic N) is 2. The molecule has 2 amide bonds. The van der Waals surface area contributed by atoms with Gasteiger partial charge in [-0.3, -0.25) is 14.4 Å². The summed E-state index contributed by atoms with van der Waals surface area (Å²) in [6.07, 6.45) is -0.320. The number of thiophene rings is 1. The number of sulfonamides is 1. The molecule has 34 heavy (non-hydrogen) atoms. The summed E-state index contributed by atoms with van der Waals surface area (Å²) in [5.41, 5.74) is 0.758. The van der Waals surface area contributed by atoms with E-state index in [-0.39, 0.29) is 28.6 Å². The Morgan fingerprint density at radius 3 is 2.44 bits per heavy atom. The summed E-state index contributed by atoms with van der Waals surface area (Å²) in [5, 5.41) is 1.97. The molecular weight excluding hydrogens is 500 g/mol. The molecule has 2 aromatic carbocycles. The van der Waals surface area contributed by atoms with E-state index >= 15 is 0 Å². The van der Waals surface area contributed by atoms with Crippen molar-refractivity contribution >= 4 is 56.4 Å². The average molecular weight is 519 g/mol. The van der Waals surface area contributed by atoms with Crippen molar-refractivity contribution in [2.45, 2.75) is 30.1 Å². The second-order valence-corrected chi connectivity index (χ2v) is 10.9. The van der Waals surface area contributed by atoms with E-state index < -0.39 is 33.8 Å². The van der Waals surface area contributed by atoms with Crippen LogP contribution in [0.5, 0.6) is 5.75 Å². The maximum absolute atomic E-state index is 13.5. The van der Waals surface area contributed by atoms with Crippen molar-refractivity contribution in [2.24, 2.45) is 0 Å². The monoisotopic (exact) mass is 518 g/mol. The van der Waals surface area contributed by atoms with Gasteiger partial charge in [0.05, 0.1) is 12.1 Å². The lowest BCUT2D eigenvalue weighted by Crippen LogP contribution is -2.44. The number of imide groups is 1. The molecule has 3 aromatic rings. The molecule has 176 valence electrons. The van der Waals surface area contributed by atoms with E-state index in [9.17, 15) is 22.8 Å². The molecule has 0 spiro atoms. The largest absolute Gasteiger partial charge is 0.427 e. The predicted molar refractivity (Wildman–Crippen MR) is 127 cm³/mol. The summed E-state index contributed by atoms with van der Waals surface area (Å²) < 4.78 is 33.1. The zero-order valence-electron chi connectivity index (χ0n) is 17.9. The highest BCUT2D eigenvalue weighted by Gasteiger charge is 2.47. The van der Waals surface area contributed by atoms with Crippen molar-refractivity contribution in [3.05, 3.63) is 76.6 Å². The van der Waals surface area contributed by atoms with E-state index in [0.717, 1.165) is 20.5 Å². The van der Waals surface area contributed by atoms with Crippen LogP contribution in [0.1, 0.15) is 18.9 Å². The average Bonchev–Trinajstić information content (AvgIpc) is 3.42. The lowest BCUT2D eigenvalue weighted by Gasteiger charge is -2.26. The van der Waals surface area contributed by atoms with E-state index in [1.54, 1.807) is 35.7 Å². The Morgan fingerprint density at radius 1 is 1.12 bits per heavy atom. The Kier molecular flexibility index (Phi) is 6.85. The van der Waals surface area contributed by atoms with Gasteiger partial charge in [0, 0.05) is 18.5 Å². The summed E-state index contributed by atoms with van der Waals surface area (Å²) in [5.74, 6) is -1.46. The summed E-state index contributed by atoms with van der Waals surface area (Å²) in [4.78, 5) is 38.3. The lowest BCUT2D eigenvalue weighted by molar-refractivity contribution is -0.132. The molecule has 1 aromatic heterocycles. The summed E-state index contributed by atoms with van der Waals surface area (Å²) >= 11 is 7.30. The molecule has 0 bridgehead atoms. The SMILES string of the molecule is CC(=O)Oc1ccc(N2C(=O)CC(N(Cc3ccccc3Cl)S(=O)(=O)c3cccs3)C2=O)cc1. The molecule has 0 N–H and O–H groups in total. The lowest BCUT2D eigenvalue weighted by atomic mass is 10.2. The van der Waals surface area contributed by atoms with Crippen LogP contribution in [0.2, 0.25) is 5.02 Å². The van der Waals surface area contributed by atoms with Crippen molar-refractivity contribution in [3.63, 3.8) is 0 Å². The minimum Gasteiger partial charge on any atom is -0.427 e. The molecule has 4 rings (SSSR count). The molecule has 2 heterocycles. The van der Waals surface area contributed by atoms with Gasteiger partial charge >= 0.3 is 5.97 Å². The van der Waals surface area contributed by atoms with Crippen LogP contribution in [0.15, 0.2) is 70.3 Å². The number of anilines is 1. The molecular formula is C23H19ClN2O6S2. The topological polar surface area (TPSA) is 101 Å². The van der Waals surface area contributed by atoms with Gasteiger partial charge in [0.25, 0.3) is 15.9 Å². The molecule has 8 nitrogen and oxygen atoms in total. The number of esters is 1. The Labute approximate surface area is 205 Å². The Hall–Kier alpha value is -3.05. The number of rotatable bonds is 7. The first-order valence-electron chi connectivity index (χ1n) is 10.1. The molecule has 0 aliphatic carbocycles. The molecule has 11 heteroatoms. The molecule has 1 unspecified atom stereocenters. The van der Waals surface area contributed by atoms with Gasteiger partial charge in [-0.25, -0.2) is 13.3 Å². The highest BCUT2D eigenvalue weighted by atomic mass is 35.5. The van der Waals surface area contributed by atoms with Crippen molar-refractivity contribution in [1.29, 1.82) is 0 Å². The van der Waals surface area contributed by atoms with E-state index in [1.807, 2.05) is 0 Å². The molecule has 1 saturated heterocycles. The number of ether oxygens (including phenoxy) is 1. The van der Waals surface area contributed by atoms with E-state index in [4.69, 9.17) is 16.3 Å². The number of carbonyl (C=O) groups excluding carboxylic acids is 3. The second-order valence-electron chi connectivity index (χ2n) is 7.45. The van der Waals surface area contributed by atoms with Gasteiger partial charge in [-0.1, -0.05) is 35.9 Å². The van der Waals surface area contributed by atoms with Gasteiger partial charge in [-0.15, -0.1) is 11.3 Å². The van der Waals surface area contributed by atoms with Gasteiger partial charge in [-0.05, 0) is 47.3 Å². The fourth-order valence-electron chi connectivity index (χ4n) is 3.62. The molecule has 1 atom stereocenters. The number of benzene rings is 2. The summed E-state index contributed by atoms with van der Waals surface area (Å²) in [6, 6.07) is 14.4. The first kappa shape index (κ1) is 24.1. The van der Waals surface area contributed by atoms with E-state index in [2.05, 4.69) is 0 Å². The molecule has 1 aliphatic rings. The van der Waals surface area contributed by atoms with Crippen molar-refractivity contribution < 1.29 is 27.5 Å². The normalized spacial score (nSPS) is 16.3. The Balaban J connectivity index is 1.69. The third kappa shape index (κ3) is 4.76. The second kappa shape index (κ2) is 9.67. The Morgan fingerprint density at radius 2 is 1.82 bits per heavy atom. The maximum atomic E-state index is 13.5. The molecule has 0 saturated carbocycles. The fourth-order valence-corrected chi connectivity index (χ4v) is 6.50. The smallest absolute Gasteiger partial charge is 0.308 e. The van der Waals surface area contributed by atoms with Crippen molar-refractivity contribution in [2.75, 3.05) is 4.90 Å². The number of halogens is 1. The molecule has 1 fully saturated rings. The quantitative estimate of drug-likeness (QED) is 0.267. The van der Waals surface area contributed by atoms with Crippen LogP contribution >= 0.6 is 22.9 Å². The number of carbonyl (C=O) groups is 3. The summed E-state index contributed by atoms with van der Waals surface area (Å²) in [6.45, 7) is 1.08. The summed E-state index contributed by atoms with van der Waals surface area (Å²) in [7, 11) is -4.10. The van der Waals surface area contributed by atoms with Gasteiger partial charge in [-0.2, -0.15) is 4.31 Å². The molecule has 0 radical (unpaired) electrons. The third-order valence-corrected chi connectivity index (χ3v) is 8.77. The minimum atomic E-state index is -4.10. The Bertz CT molecular complexity index is 1340. The van der Waals surface area contributed by atoms with Crippen LogP contribution in [0, 0.1) is 0 Å². The number of amides is 2. The fraction of sp³-hybridized carbons (Fsp3) is 0.174. The highest BCUT2D eigenvalue weighted by molar-refractivity contribution is 7.91. The van der Waals surface area contributed by atoms with Gasteiger partial charge in [0.15, 0.2) is 0 Å². The van der Waals surface area contributed by atoms with Gasteiger partial charge < -0.3 is 4.74 Å². The van der Waals surface area contributed by atoms with Crippen LogP contribution in [0.25, 0.3) is 0 Å². The van der Waals surface area contributed by atoms with Crippen molar-refractivity contribution in [3.8, 4) is 5.75 Å². The maximum Gasteiger partial charge on any atom is 0.308 e. The first-order chi connectivity index (χ1) is 16.2. The van der Waals surface area contributed by atoms with Crippen molar-refractivity contribution in [1.82, 2.24) is 4.31 Å². The number of hydrogen-bond donors (Lipinski definition) is 0. The van der Waals surface area contributed by atoms with Crippen LogP contribution in [-0.4, -0.2) is 36.5 Å². The van der Waals surface area contributed by atoms with Crippen LogP contribution in [0.4, 0.5) is 5.69 Å². The zero-order chi connectivity index (χ0) is 24.5. The van der Waals surface area contributed by atoms with Gasteiger partial charge in [0.2, 0.25) is 5.91 Å². The third-order valence-electron chi connectivity index (χ3n) is 5.17. The first-order valence-corrected chi connectivity index (χ1v) is 12.8. The standard InChI is InChI=1S/C23H19ClN2O6S2/c1-15(27)32-18-10-8-17(9-11-18)26-21(28)13-20(23(26)29)25(14-16-5-2-3-6-19(16)24)34(30,31)22-7-4-12-33-22/h2-12,20H,13-14H2,1H3. The number of hydrogen-bond acceptors (Lipinski definition) is 7. The van der Waals surface area contributed by atoms with Crippen LogP contribution in [-0.2, 0) is 31.0 Å². The molecule has 1 aliphatic heterocycles. The van der Waals surface area contributed by atoms with E-state index in [0.29, 0.717) is 10.6 Å².